The highest BCUT2D eigenvalue weighted by molar-refractivity contribution is 7.80. The Bertz CT molecular complexity index is 311. The summed E-state index contributed by atoms with van der Waals surface area (Å²) >= 11 is 5.17. The minimum Gasteiger partial charge on any atom is -0.392 e. The summed E-state index contributed by atoms with van der Waals surface area (Å²) in [6.45, 7) is 7.13. The molecule has 0 aromatic rings. The van der Waals surface area contributed by atoms with E-state index in [1.807, 2.05) is 0 Å². The molecule has 104 valence electrons. The lowest BCUT2D eigenvalue weighted by Crippen LogP contribution is -2.49. The van der Waals surface area contributed by atoms with Crippen molar-refractivity contribution in [3.05, 3.63) is 0 Å². The molecule has 0 aliphatic heterocycles. The maximum absolute atomic E-state index is 12.4. The highest BCUT2D eigenvalue weighted by Crippen LogP contribution is 2.37. The molecule has 2 atom stereocenters. The molecule has 1 aliphatic rings. The molecule has 0 aromatic heterocycles. The second kappa shape index (κ2) is 6.50. The summed E-state index contributed by atoms with van der Waals surface area (Å²) in [4.78, 5) is 12.8. The van der Waals surface area contributed by atoms with Crippen LogP contribution in [0.2, 0.25) is 0 Å². The first kappa shape index (κ1) is 15.4. The molecule has 4 heteroatoms. The van der Waals surface area contributed by atoms with Crippen LogP contribution in [-0.4, -0.2) is 17.4 Å². The van der Waals surface area contributed by atoms with Crippen LogP contribution in [0.1, 0.15) is 52.9 Å². The molecule has 1 fully saturated rings. The Kier molecular flexibility index (Phi) is 5.57. The molecule has 0 heterocycles. The maximum Gasteiger partial charge on any atom is 0.233 e. The summed E-state index contributed by atoms with van der Waals surface area (Å²) in [7, 11) is 0. The van der Waals surface area contributed by atoms with Crippen molar-refractivity contribution in [2.24, 2.45) is 23.0 Å². The van der Waals surface area contributed by atoms with E-state index in [1.54, 1.807) is 0 Å². The van der Waals surface area contributed by atoms with E-state index in [4.69, 9.17) is 18.0 Å². The van der Waals surface area contributed by atoms with Gasteiger partial charge in [-0.1, -0.05) is 45.8 Å². The van der Waals surface area contributed by atoms with E-state index < -0.39 is 5.41 Å². The number of carbonyl (C=O) groups excluding carboxylic acids is 1. The van der Waals surface area contributed by atoms with Crippen LogP contribution in [0.15, 0.2) is 0 Å². The smallest absolute Gasteiger partial charge is 0.233 e. The SMILES string of the molecule is CCCC(CCC)(C(=O)NCC1CC1C)C(N)=S. The van der Waals surface area contributed by atoms with Crippen LogP contribution in [-0.2, 0) is 4.79 Å². The second-order valence-electron chi connectivity index (χ2n) is 5.63. The van der Waals surface area contributed by atoms with Gasteiger partial charge in [-0.15, -0.1) is 0 Å². The molecule has 1 rings (SSSR count). The van der Waals surface area contributed by atoms with Gasteiger partial charge < -0.3 is 11.1 Å². The van der Waals surface area contributed by atoms with Crippen LogP contribution in [0.3, 0.4) is 0 Å². The standard InChI is InChI=1S/C14H26N2OS/c1-4-6-14(7-5-2,12(15)18)13(17)16-9-11-8-10(11)3/h10-11H,4-9H2,1-3H3,(H2,15,18)(H,16,17). The van der Waals surface area contributed by atoms with Crippen molar-refractivity contribution in [3.63, 3.8) is 0 Å². The number of amides is 1. The zero-order valence-electron chi connectivity index (χ0n) is 11.8. The van der Waals surface area contributed by atoms with E-state index in [9.17, 15) is 4.79 Å². The van der Waals surface area contributed by atoms with Crippen LogP contribution in [0.4, 0.5) is 0 Å². The van der Waals surface area contributed by atoms with Gasteiger partial charge in [-0.2, -0.15) is 0 Å². The molecule has 18 heavy (non-hydrogen) atoms. The fourth-order valence-corrected chi connectivity index (χ4v) is 2.94. The van der Waals surface area contributed by atoms with Gasteiger partial charge in [0.15, 0.2) is 0 Å². The molecule has 0 radical (unpaired) electrons. The van der Waals surface area contributed by atoms with Gasteiger partial charge in [0, 0.05) is 6.54 Å². The van der Waals surface area contributed by atoms with Gasteiger partial charge in [0.2, 0.25) is 5.91 Å². The van der Waals surface area contributed by atoms with Crippen LogP contribution in [0.5, 0.6) is 0 Å². The van der Waals surface area contributed by atoms with Crippen molar-refractivity contribution in [2.75, 3.05) is 6.54 Å². The third-order valence-electron chi connectivity index (χ3n) is 4.06. The van der Waals surface area contributed by atoms with Gasteiger partial charge in [-0.3, -0.25) is 4.79 Å². The Morgan fingerprint density at radius 1 is 1.39 bits per heavy atom. The Morgan fingerprint density at radius 3 is 2.22 bits per heavy atom. The highest BCUT2D eigenvalue weighted by atomic mass is 32.1. The van der Waals surface area contributed by atoms with E-state index in [-0.39, 0.29) is 5.91 Å². The van der Waals surface area contributed by atoms with Crippen molar-refractivity contribution in [2.45, 2.75) is 52.9 Å². The van der Waals surface area contributed by atoms with Crippen molar-refractivity contribution in [3.8, 4) is 0 Å². The maximum atomic E-state index is 12.4. The van der Waals surface area contributed by atoms with Gasteiger partial charge in [-0.05, 0) is 31.1 Å². The van der Waals surface area contributed by atoms with Gasteiger partial charge >= 0.3 is 0 Å². The van der Waals surface area contributed by atoms with Crippen molar-refractivity contribution < 1.29 is 4.79 Å². The van der Waals surface area contributed by atoms with Crippen LogP contribution < -0.4 is 11.1 Å². The van der Waals surface area contributed by atoms with Crippen molar-refractivity contribution in [1.29, 1.82) is 0 Å². The summed E-state index contributed by atoms with van der Waals surface area (Å²) < 4.78 is 0. The fourth-order valence-electron chi connectivity index (χ4n) is 2.64. The van der Waals surface area contributed by atoms with Gasteiger partial charge in [-0.25, -0.2) is 0 Å². The van der Waals surface area contributed by atoms with Gasteiger partial charge in [0.25, 0.3) is 0 Å². The second-order valence-corrected chi connectivity index (χ2v) is 6.07. The Hall–Kier alpha value is -0.640. The molecule has 2 unspecified atom stereocenters. The number of nitrogens with two attached hydrogens (primary N) is 1. The van der Waals surface area contributed by atoms with E-state index in [1.165, 1.54) is 6.42 Å². The minimum absolute atomic E-state index is 0.0396. The zero-order valence-corrected chi connectivity index (χ0v) is 12.6. The van der Waals surface area contributed by atoms with Crippen molar-refractivity contribution >= 4 is 23.1 Å². The molecule has 0 bridgehead atoms. The summed E-state index contributed by atoms with van der Waals surface area (Å²) in [6.07, 6.45) is 4.57. The third-order valence-corrected chi connectivity index (χ3v) is 4.45. The van der Waals surface area contributed by atoms with Gasteiger partial charge in [0.1, 0.15) is 0 Å². The molecule has 3 N–H and O–H groups in total. The average molecular weight is 270 g/mol. The lowest BCUT2D eigenvalue weighted by Gasteiger charge is -2.31. The molecule has 1 amide bonds. The molecular formula is C14H26N2OS. The quantitative estimate of drug-likeness (QED) is 0.667. The lowest BCUT2D eigenvalue weighted by molar-refractivity contribution is -0.128. The normalized spacial score (nSPS) is 22.6. The molecule has 0 saturated heterocycles. The van der Waals surface area contributed by atoms with Crippen LogP contribution >= 0.6 is 12.2 Å². The molecule has 0 spiro atoms. The van der Waals surface area contributed by atoms with Crippen LogP contribution in [0.25, 0.3) is 0 Å². The predicted molar refractivity (Wildman–Crippen MR) is 79.3 cm³/mol. The Balaban J connectivity index is 2.66. The predicted octanol–water partition coefficient (Wildman–Crippen LogP) is 2.63. The minimum atomic E-state index is -0.628. The van der Waals surface area contributed by atoms with Gasteiger partial charge in [0.05, 0.1) is 10.4 Å². The average Bonchev–Trinajstić information content (AvgIpc) is 3.01. The Labute approximate surface area is 116 Å². The largest absolute Gasteiger partial charge is 0.392 e. The summed E-state index contributed by atoms with van der Waals surface area (Å²) in [5, 5.41) is 3.06. The lowest BCUT2D eigenvalue weighted by atomic mass is 9.78. The van der Waals surface area contributed by atoms with E-state index in [0.29, 0.717) is 10.9 Å². The number of rotatable bonds is 8. The van der Waals surface area contributed by atoms with E-state index in [2.05, 4.69) is 26.1 Å². The summed E-state index contributed by atoms with van der Waals surface area (Å²) in [5.74, 6) is 1.45. The first-order valence-corrected chi connectivity index (χ1v) is 7.47. The molecule has 1 aliphatic carbocycles. The number of hydrogen-bond acceptors (Lipinski definition) is 2. The number of nitrogens with one attached hydrogen (secondary N) is 1. The van der Waals surface area contributed by atoms with E-state index >= 15 is 0 Å². The zero-order chi connectivity index (χ0) is 13.8. The topological polar surface area (TPSA) is 55.1 Å². The first-order valence-electron chi connectivity index (χ1n) is 7.06. The monoisotopic (exact) mass is 270 g/mol. The molecule has 0 aromatic carbocycles. The van der Waals surface area contributed by atoms with Crippen molar-refractivity contribution in [1.82, 2.24) is 5.32 Å². The highest BCUT2D eigenvalue weighted by Gasteiger charge is 2.41. The molecular weight excluding hydrogens is 244 g/mol. The number of thiocarbonyl (C=S) groups is 1. The number of carbonyl (C=O) groups is 1. The molecule has 1 saturated carbocycles. The molecule has 3 nitrogen and oxygen atoms in total. The number of hydrogen-bond donors (Lipinski definition) is 2. The summed E-state index contributed by atoms with van der Waals surface area (Å²) in [5.41, 5.74) is 5.24. The fraction of sp³-hybridized carbons (Fsp3) is 0.857. The Morgan fingerprint density at radius 2 is 1.89 bits per heavy atom. The van der Waals surface area contributed by atoms with E-state index in [0.717, 1.165) is 38.1 Å². The first-order chi connectivity index (χ1) is 8.47. The van der Waals surface area contributed by atoms with Crippen LogP contribution in [0, 0.1) is 17.3 Å². The third kappa shape index (κ3) is 3.44. The summed E-state index contributed by atoms with van der Waals surface area (Å²) in [6, 6.07) is 0.